The molecule has 3 aromatic rings. The van der Waals surface area contributed by atoms with E-state index in [2.05, 4.69) is 20.9 Å². The number of benzene rings is 2. The van der Waals surface area contributed by atoms with Crippen molar-refractivity contribution in [1.82, 2.24) is 10.6 Å². The van der Waals surface area contributed by atoms with Crippen LogP contribution < -0.4 is 20.7 Å². The van der Waals surface area contributed by atoms with Crippen molar-refractivity contribution in [2.45, 2.75) is 26.0 Å². The summed E-state index contributed by atoms with van der Waals surface area (Å²) < 4.78 is 24.3. The van der Waals surface area contributed by atoms with E-state index in [1.165, 1.54) is 18.4 Å². The average molecular weight is 566 g/mol. The van der Waals surface area contributed by atoms with Crippen LogP contribution in [0.2, 0.25) is 0 Å². The second-order valence-corrected chi connectivity index (χ2v) is 7.04. The van der Waals surface area contributed by atoms with Crippen LogP contribution >= 0.6 is 24.0 Å². The standard InChI is InChI=1S/C24H27FN4O3.HI/c1-3-20(32-21-7-4-6-18(25)14-21)16-28-24(26-2)27-15-17-9-11-19(12-10-17)29-23(30)22-8-5-13-31-22;/h4-14,20H,3,15-16H2,1-2H3,(H,29,30)(H2,26,27,28);1H. The zero-order valence-electron chi connectivity index (χ0n) is 18.5. The second kappa shape index (κ2) is 13.5. The first-order chi connectivity index (χ1) is 15.6. The van der Waals surface area contributed by atoms with E-state index >= 15 is 0 Å². The first-order valence-electron chi connectivity index (χ1n) is 10.4. The van der Waals surface area contributed by atoms with Crippen LogP contribution in [0.3, 0.4) is 0 Å². The zero-order chi connectivity index (χ0) is 22.8. The molecule has 2 aromatic carbocycles. The normalized spacial score (nSPS) is 11.8. The van der Waals surface area contributed by atoms with Crippen molar-refractivity contribution >= 4 is 41.5 Å². The van der Waals surface area contributed by atoms with Crippen molar-refractivity contribution in [3.8, 4) is 5.75 Å². The quantitative estimate of drug-likeness (QED) is 0.197. The van der Waals surface area contributed by atoms with Crippen LogP contribution in [-0.2, 0) is 6.54 Å². The van der Waals surface area contributed by atoms with Gasteiger partial charge >= 0.3 is 0 Å². The van der Waals surface area contributed by atoms with E-state index < -0.39 is 0 Å². The molecule has 1 amide bonds. The average Bonchev–Trinajstić information content (AvgIpc) is 3.34. The smallest absolute Gasteiger partial charge is 0.291 e. The summed E-state index contributed by atoms with van der Waals surface area (Å²) in [6, 6.07) is 16.9. The van der Waals surface area contributed by atoms with E-state index in [1.54, 1.807) is 31.3 Å². The van der Waals surface area contributed by atoms with E-state index in [0.29, 0.717) is 30.5 Å². The fraction of sp³-hybridized carbons (Fsp3) is 0.250. The Morgan fingerprint density at radius 3 is 2.55 bits per heavy atom. The molecule has 0 saturated carbocycles. The van der Waals surface area contributed by atoms with E-state index in [1.807, 2.05) is 31.2 Å². The lowest BCUT2D eigenvalue weighted by Crippen LogP contribution is -2.42. The number of furan rings is 1. The molecule has 1 aromatic heterocycles. The van der Waals surface area contributed by atoms with Crippen LogP contribution in [0.5, 0.6) is 5.75 Å². The number of anilines is 1. The first-order valence-corrected chi connectivity index (χ1v) is 10.4. The molecule has 176 valence electrons. The Kier molecular flexibility index (Phi) is 10.7. The van der Waals surface area contributed by atoms with Crippen molar-refractivity contribution in [2.24, 2.45) is 4.99 Å². The van der Waals surface area contributed by atoms with Crippen LogP contribution in [0.15, 0.2) is 76.3 Å². The maximum Gasteiger partial charge on any atom is 0.291 e. The van der Waals surface area contributed by atoms with Gasteiger partial charge in [0.1, 0.15) is 17.7 Å². The van der Waals surface area contributed by atoms with Crippen molar-refractivity contribution in [2.75, 3.05) is 18.9 Å². The summed E-state index contributed by atoms with van der Waals surface area (Å²) in [5.41, 5.74) is 1.70. The third-order valence-corrected chi connectivity index (χ3v) is 4.69. The number of nitrogens with one attached hydrogen (secondary N) is 3. The number of hydrogen-bond acceptors (Lipinski definition) is 4. The molecule has 0 aliphatic rings. The van der Waals surface area contributed by atoms with Gasteiger partial charge in [-0.05, 0) is 48.4 Å². The number of carbonyl (C=O) groups is 1. The van der Waals surface area contributed by atoms with E-state index in [9.17, 15) is 9.18 Å². The molecule has 0 saturated heterocycles. The van der Waals surface area contributed by atoms with Gasteiger partial charge in [0.25, 0.3) is 5.91 Å². The molecule has 1 heterocycles. The third-order valence-electron chi connectivity index (χ3n) is 4.69. The summed E-state index contributed by atoms with van der Waals surface area (Å²) in [5.74, 6) is 0.769. The molecule has 0 radical (unpaired) electrons. The lowest BCUT2D eigenvalue weighted by molar-refractivity contribution is 0.0996. The van der Waals surface area contributed by atoms with Gasteiger partial charge in [0.15, 0.2) is 11.7 Å². The Labute approximate surface area is 209 Å². The molecule has 0 spiro atoms. The number of ether oxygens (including phenoxy) is 1. The van der Waals surface area contributed by atoms with Crippen molar-refractivity contribution < 1.29 is 18.3 Å². The minimum Gasteiger partial charge on any atom is -0.489 e. The number of nitrogens with zero attached hydrogens (tertiary/aromatic N) is 1. The van der Waals surface area contributed by atoms with E-state index in [4.69, 9.17) is 9.15 Å². The molecule has 33 heavy (non-hydrogen) atoms. The van der Waals surface area contributed by atoms with Crippen molar-refractivity contribution in [3.05, 3.63) is 84.1 Å². The fourth-order valence-electron chi connectivity index (χ4n) is 2.93. The first kappa shape index (κ1) is 26.2. The maximum atomic E-state index is 13.4. The molecule has 1 atom stereocenters. The number of rotatable bonds is 9. The minimum absolute atomic E-state index is 0. The van der Waals surface area contributed by atoms with Crippen molar-refractivity contribution in [3.63, 3.8) is 0 Å². The van der Waals surface area contributed by atoms with Crippen LogP contribution in [0.1, 0.15) is 29.5 Å². The molecule has 0 aliphatic heterocycles. The SMILES string of the molecule is CCC(CNC(=NC)NCc1ccc(NC(=O)c2ccco2)cc1)Oc1cccc(F)c1.I. The number of hydrogen-bond donors (Lipinski definition) is 3. The van der Waals surface area contributed by atoms with Gasteiger partial charge in [0.2, 0.25) is 0 Å². The van der Waals surface area contributed by atoms with Gasteiger partial charge in [-0.15, -0.1) is 24.0 Å². The van der Waals surface area contributed by atoms with Crippen LogP contribution in [0.25, 0.3) is 0 Å². The largest absolute Gasteiger partial charge is 0.489 e. The number of halogens is 2. The summed E-state index contributed by atoms with van der Waals surface area (Å²) >= 11 is 0. The minimum atomic E-state index is -0.325. The fourth-order valence-corrected chi connectivity index (χ4v) is 2.93. The Morgan fingerprint density at radius 1 is 1.12 bits per heavy atom. The number of aliphatic imine (C=N–C) groups is 1. The summed E-state index contributed by atoms with van der Waals surface area (Å²) in [5, 5.41) is 9.26. The number of amides is 1. The van der Waals surface area contributed by atoms with E-state index in [-0.39, 0.29) is 47.6 Å². The molecule has 7 nitrogen and oxygen atoms in total. The summed E-state index contributed by atoms with van der Waals surface area (Å²) in [7, 11) is 1.69. The van der Waals surface area contributed by atoms with Gasteiger partial charge in [-0.2, -0.15) is 0 Å². The van der Waals surface area contributed by atoms with Gasteiger partial charge in [-0.25, -0.2) is 4.39 Å². The summed E-state index contributed by atoms with van der Waals surface area (Å²) in [6.45, 7) is 3.08. The molecule has 3 N–H and O–H groups in total. The topological polar surface area (TPSA) is 87.9 Å². The lowest BCUT2D eigenvalue weighted by atomic mass is 10.2. The Bertz CT molecular complexity index is 1030. The number of guanidine groups is 1. The Morgan fingerprint density at radius 2 is 1.91 bits per heavy atom. The van der Waals surface area contributed by atoms with Crippen LogP contribution in [0, 0.1) is 5.82 Å². The predicted octanol–water partition coefficient (Wildman–Crippen LogP) is 4.81. The molecule has 3 rings (SSSR count). The van der Waals surface area contributed by atoms with Gasteiger partial charge in [-0.3, -0.25) is 9.79 Å². The summed E-state index contributed by atoms with van der Waals surface area (Å²) in [6.07, 6.45) is 2.08. The van der Waals surface area contributed by atoms with Gasteiger partial charge < -0.3 is 25.1 Å². The zero-order valence-corrected chi connectivity index (χ0v) is 20.8. The summed E-state index contributed by atoms with van der Waals surface area (Å²) in [4.78, 5) is 16.3. The van der Waals surface area contributed by atoms with Gasteiger partial charge in [0, 0.05) is 25.3 Å². The molecular formula is C24H28FIN4O3. The highest BCUT2D eigenvalue weighted by atomic mass is 127. The monoisotopic (exact) mass is 566 g/mol. The highest BCUT2D eigenvalue weighted by Gasteiger charge is 2.11. The molecule has 0 fully saturated rings. The van der Waals surface area contributed by atoms with Crippen LogP contribution in [0.4, 0.5) is 10.1 Å². The second-order valence-electron chi connectivity index (χ2n) is 7.04. The number of carbonyl (C=O) groups excluding carboxylic acids is 1. The molecule has 0 bridgehead atoms. The Hall–Kier alpha value is -3.08. The van der Waals surface area contributed by atoms with Crippen LogP contribution in [-0.4, -0.2) is 31.6 Å². The Balaban J connectivity index is 0.00000385. The van der Waals surface area contributed by atoms with E-state index in [0.717, 1.165) is 12.0 Å². The predicted molar refractivity (Wildman–Crippen MR) is 138 cm³/mol. The highest BCUT2D eigenvalue weighted by Crippen LogP contribution is 2.15. The lowest BCUT2D eigenvalue weighted by Gasteiger charge is -2.20. The van der Waals surface area contributed by atoms with Gasteiger partial charge in [-0.1, -0.05) is 25.1 Å². The third kappa shape index (κ3) is 8.41. The molecule has 0 aliphatic carbocycles. The highest BCUT2D eigenvalue weighted by molar-refractivity contribution is 14.0. The van der Waals surface area contributed by atoms with Crippen molar-refractivity contribution in [1.29, 1.82) is 0 Å². The molecular weight excluding hydrogens is 538 g/mol. The maximum absolute atomic E-state index is 13.4. The molecule has 9 heteroatoms. The molecule has 1 unspecified atom stereocenters. The van der Waals surface area contributed by atoms with Gasteiger partial charge in [0.05, 0.1) is 12.8 Å².